The van der Waals surface area contributed by atoms with Gasteiger partial charge in [0.05, 0.1) is 5.54 Å². The monoisotopic (exact) mass is 269 g/mol. The number of benzene rings is 1. The maximum Gasteiger partial charge on any atom is 0.251 e. The molecule has 0 aromatic heterocycles. The van der Waals surface area contributed by atoms with Crippen LogP contribution in [0.5, 0.6) is 5.75 Å². The van der Waals surface area contributed by atoms with E-state index in [1.165, 1.54) is 12.1 Å². The van der Waals surface area contributed by atoms with Gasteiger partial charge in [0.15, 0.2) is 0 Å². The van der Waals surface area contributed by atoms with Crippen LogP contribution in [0.3, 0.4) is 0 Å². The molecule has 1 aromatic carbocycles. The van der Waals surface area contributed by atoms with E-state index >= 15 is 0 Å². The molecule has 1 amide bonds. The van der Waals surface area contributed by atoms with Crippen LogP contribution in [0.1, 0.15) is 23.2 Å². The topological polar surface area (TPSA) is 49.3 Å². The molecule has 0 radical (unpaired) electrons. The molecule has 0 unspecified atom stereocenters. The van der Waals surface area contributed by atoms with Crippen LogP contribution in [0, 0.1) is 0 Å². The van der Waals surface area contributed by atoms with E-state index in [9.17, 15) is 4.79 Å². The van der Waals surface area contributed by atoms with Crippen molar-refractivity contribution in [1.29, 1.82) is 0 Å². The molecule has 2 rings (SSSR count). The summed E-state index contributed by atoms with van der Waals surface area (Å²) in [7, 11) is 0. The average Bonchev–Trinajstić information content (AvgIpc) is 2.99. The summed E-state index contributed by atoms with van der Waals surface area (Å²) >= 11 is 3.39. The first-order valence-corrected chi connectivity index (χ1v) is 5.95. The van der Waals surface area contributed by atoms with Gasteiger partial charge in [0, 0.05) is 10.9 Å². The largest absolute Gasteiger partial charge is 0.508 e. The average molecular weight is 270 g/mol. The molecule has 0 saturated heterocycles. The Morgan fingerprint density at radius 3 is 2.47 bits per heavy atom. The van der Waals surface area contributed by atoms with Crippen molar-refractivity contribution in [2.24, 2.45) is 0 Å². The molecule has 1 saturated carbocycles. The summed E-state index contributed by atoms with van der Waals surface area (Å²) in [5.41, 5.74) is 0.551. The van der Waals surface area contributed by atoms with E-state index in [2.05, 4.69) is 21.2 Å². The van der Waals surface area contributed by atoms with Crippen molar-refractivity contribution in [3.05, 3.63) is 29.8 Å². The fourth-order valence-electron chi connectivity index (χ4n) is 1.37. The molecule has 15 heavy (non-hydrogen) atoms. The third-order valence-corrected chi connectivity index (χ3v) is 3.69. The summed E-state index contributed by atoms with van der Waals surface area (Å²) < 4.78 is 0. The van der Waals surface area contributed by atoms with Crippen LogP contribution >= 0.6 is 15.9 Å². The predicted octanol–water partition coefficient (Wildman–Crippen LogP) is 2.05. The lowest BCUT2D eigenvalue weighted by atomic mass is 10.2. The number of carbonyl (C=O) groups excluding carboxylic acids is 1. The Kier molecular flexibility index (Phi) is 2.69. The van der Waals surface area contributed by atoms with Gasteiger partial charge in [0.1, 0.15) is 5.75 Å². The van der Waals surface area contributed by atoms with E-state index in [0.717, 1.165) is 18.2 Å². The number of rotatable bonds is 3. The molecule has 0 atom stereocenters. The van der Waals surface area contributed by atoms with Gasteiger partial charge in [-0.15, -0.1) is 0 Å². The first kappa shape index (κ1) is 10.5. The summed E-state index contributed by atoms with van der Waals surface area (Å²) in [4.78, 5) is 11.8. The highest BCUT2D eigenvalue weighted by Crippen LogP contribution is 2.37. The van der Waals surface area contributed by atoms with Crippen molar-refractivity contribution in [3.63, 3.8) is 0 Å². The van der Waals surface area contributed by atoms with Crippen LogP contribution < -0.4 is 5.32 Å². The minimum Gasteiger partial charge on any atom is -0.508 e. The molecule has 0 heterocycles. The molecule has 80 valence electrons. The number of amides is 1. The van der Waals surface area contributed by atoms with E-state index in [-0.39, 0.29) is 17.2 Å². The van der Waals surface area contributed by atoms with Crippen molar-refractivity contribution in [3.8, 4) is 5.75 Å². The summed E-state index contributed by atoms with van der Waals surface area (Å²) in [6.07, 6.45) is 2.06. The normalized spacial score (nSPS) is 17.1. The standard InChI is InChI=1S/C11H12BrNO2/c12-7-11(5-6-11)13-10(15)8-1-3-9(14)4-2-8/h1-4,14H,5-7H2,(H,13,15). The molecular formula is C11H12BrNO2. The molecule has 1 aliphatic rings. The Labute approximate surface area is 96.6 Å². The first-order chi connectivity index (χ1) is 7.15. The summed E-state index contributed by atoms with van der Waals surface area (Å²) in [6.45, 7) is 0. The summed E-state index contributed by atoms with van der Waals surface area (Å²) in [5.74, 6) is 0.0973. The van der Waals surface area contributed by atoms with Gasteiger partial charge in [-0.3, -0.25) is 4.79 Å². The predicted molar refractivity (Wildman–Crippen MR) is 61.3 cm³/mol. The number of hydrogen-bond donors (Lipinski definition) is 2. The number of alkyl halides is 1. The third-order valence-electron chi connectivity index (χ3n) is 2.62. The van der Waals surface area contributed by atoms with Gasteiger partial charge in [-0.05, 0) is 37.1 Å². The molecule has 1 fully saturated rings. The fourth-order valence-corrected chi connectivity index (χ4v) is 2.07. The number of aromatic hydroxyl groups is 1. The fraction of sp³-hybridized carbons (Fsp3) is 0.364. The van der Waals surface area contributed by atoms with Gasteiger partial charge in [-0.25, -0.2) is 0 Å². The van der Waals surface area contributed by atoms with Crippen molar-refractivity contribution in [2.45, 2.75) is 18.4 Å². The zero-order chi connectivity index (χ0) is 10.9. The quantitative estimate of drug-likeness (QED) is 0.826. The van der Waals surface area contributed by atoms with Gasteiger partial charge in [0.2, 0.25) is 0 Å². The lowest BCUT2D eigenvalue weighted by Gasteiger charge is -2.13. The number of phenolic OH excluding ortho intramolecular Hbond substituents is 1. The lowest BCUT2D eigenvalue weighted by molar-refractivity contribution is 0.0936. The molecule has 0 spiro atoms. The molecule has 0 aliphatic heterocycles. The highest BCUT2D eigenvalue weighted by Gasteiger charge is 2.42. The minimum absolute atomic E-state index is 0.0328. The Morgan fingerprint density at radius 2 is 2.00 bits per heavy atom. The van der Waals surface area contributed by atoms with E-state index < -0.39 is 0 Å². The zero-order valence-electron chi connectivity index (χ0n) is 8.16. The second kappa shape index (κ2) is 3.85. The summed E-state index contributed by atoms with van der Waals surface area (Å²) in [5, 5.41) is 12.9. The van der Waals surface area contributed by atoms with Gasteiger partial charge < -0.3 is 10.4 Å². The van der Waals surface area contributed by atoms with Gasteiger partial charge in [-0.1, -0.05) is 15.9 Å². The molecule has 2 N–H and O–H groups in total. The Bertz CT molecular complexity index is 371. The Morgan fingerprint density at radius 1 is 1.40 bits per heavy atom. The third kappa shape index (κ3) is 2.31. The number of phenols is 1. The van der Waals surface area contributed by atoms with Crippen molar-refractivity contribution in [2.75, 3.05) is 5.33 Å². The Hall–Kier alpha value is -1.03. The van der Waals surface area contributed by atoms with Crippen molar-refractivity contribution in [1.82, 2.24) is 5.32 Å². The summed E-state index contributed by atoms with van der Waals surface area (Å²) in [6, 6.07) is 6.27. The minimum atomic E-state index is -0.0769. The lowest BCUT2D eigenvalue weighted by Crippen LogP contribution is -2.38. The van der Waals surface area contributed by atoms with Crippen LogP contribution in [0.4, 0.5) is 0 Å². The highest BCUT2D eigenvalue weighted by molar-refractivity contribution is 9.09. The second-order valence-corrected chi connectivity index (χ2v) is 4.48. The number of hydrogen-bond acceptors (Lipinski definition) is 2. The van der Waals surface area contributed by atoms with Crippen LogP contribution in [0.25, 0.3) is 0 Å². The maximum atomic E-state index is 11.8. The van der Waals surface area contributed by atoms with E-state index in [1.807, 2.05) is 0 Å². The molecule has 0 bridgehead atoms. The smallest absolute Gasteiger partial charge is 0.251 e. The van der Waals surface area contributed by atoms with Crippen molar-refractivity contribution >= 4 is 21.8 Å². The van der Waals surface area contributed by atoms with E-state index in [0.29, 0.717) is 5.56 Å². The molecule has 1 aliphatic carbocycles. The SMILES string of the molecule is O=C(NC1(CBr)CC1)c1ccc(O)cc1. The van der Waals surface area contributed by atoms with Crippen molar-refractivity contribution < 1.29 is 9.90 Å². The van der Waals surface area contributed by atoms with Crippen LogP contribution in [-0.2, 0) is 0 Å². The number of carbonyl (C=O) groups is 1. The van der Waals surface area contributed by atoms with Gasteiger partial charge in [0.25, 0.3) is 5.91 Å². The van der Waals surface area contributed by atoms with E-state index in [1.54, 1.807) is 12.1 Å². The van der Waals surface area contributed by atoms with Crippen LogP contribution in [0.2, 0.25) is 0 Å². The molecule has 4 heteroatoms. The zero-order valence-corrected chi connectivity index (χ0v) is 9.75. The number of halogens is 1. The van der Waals surface area contributed by atoms with E-state index in [4.69, 9.17) is 5.11 Å². The number of nitrogens with one attached hydrogen (secondary N) is 1. The maximum absolute atomic E-state index is 11.8. The van der Waals surface area contributed by atoms with Crippen LogP contribution in [-0.4, -0.2) is 21.9 Å². The molecule has 3 nitrogen and oxygen atoms in total. The van der Waals surface area contributed by atoms with Gasteiger partial charge in [-0.2, -0.15) is 0 Å². The van der Waals surface area contributed by atoms with Gasteiger partial charge >= 0.3 is 0 Å². The van der Waals surface area contributed by atoms with Crippen LogP contribution in [0.15, 0.2) is 24.3 Å². The molecular weight excluding hydrogens is 258 g/mol. The first-order valence-electron chi connectivity index (χ1n) is 4.83. The highest BCUT2D eigenvalue weighted by atomic mass is 79.9. The Balaban J connectivity index is 2.05. The molecule has 1 aromatic rings. The second-order valence-electron chi connectivity index (χ2n) is 3.91.